The lowest BCUT2D eigenvalue weighted by Crippen LogP contribution is -2.35. The van der Waals surface area contributed by atoms with Crippen LogP contribution in [0.1, 0.15) is 0 Å². The first-order valence-corrected chi connectivity index (χ1v) is 5.08. The predicted molar refractivity (Wildman–Crippen MR) is 45.7 cm³/mol. The molecule has 0 amide bonds. The van der Waals surface area contributed by atoms with Crippen molar-refractivity contribution in [3.05, 3.63) is 18.7 Å². The van der Waals surface area contributed by atoms with Crippen molar-refractivity contribution in [3.63, 3.8) is 0 Å². The number of hydrogen-bond donors (Lipinski definition) is 1. The summed E-state index contributed by atoms with van der Waals surface area (Å²) in [5.41, 5.74) is 0. The molecule has 1 heterocycles. The minimum atomic E-state index is -5.98. The van der Waals surface area contributed by atoms with E-state index in [0.29, 0.717) is 0 Å². The summed E-state index contributed by atoms with van der Waals surface area (Å²) in [6.45, 7) is 0. The normalized spacial score (nSPS) is 12.2. The summed E-state index contributed by atoms with van der Waals surface area (Å²) in [5, 5.41) is -5.37. The summed E-state index contributed by atoms with van der Waals surface area (Å²) < 4.78 is 73.2. The predicted octanol–water partition coefficient (Wildman–Crippen LogP) is 1.15. The standard InChI is InChI=1S/C4H6N2.C2H2F4O3S/c1-6-3-2-5-4-6;3-1(4)2(5,6)10(7,8)9/h2-4H,1H3;1H,(H,7,8,9). The summed E-state index contributed by atoms with van der Waals surface area (Å²) in [7, 11) is -4.05. The van der Waals surface area contributed by atoms with Gasteiger partial charge in [-0.05, 0) is 0 Å². The molecule has 1 aromatic rings. The fraction of sp³-hybridized carbons (Fsp3) is 0.500. The summed E-state index contributed by atoms with van der Waals surface area (Å²) >= 11 is 0. The molecule has 0 unspecified atom stereocenters. The number of aryl methyl sites for hydroxylation is 1. The molecule has 94 valence electrons. The molecule has 0 aliphatic heterocycles. The van der Waals surface area contributed by atoms with Crippen molar-refractivity contribution < 1.29 is 30.5 Å². The van der Waals surface area contributed by atoms with Crippen LogP contribution in [0.25, 0.3) is 0 Å². The van der Waals surface area contributed by atoms with Gasteiger partial charge in [-0.25, -0.2) is 13.8 Å². The Balaban J connectivity index is 0.000000315. The van der Waals surface area contributed by atoms with E-state index >= 15 is 0 Å². The van der Waals surface area contributed by atoms with Gasteiger partial charge in [0.05, 0.1) is 6.33 Å². The highest BCUT2D eigenvalue weighted by atomic mass is 32.2. The highest BCUT2D eigenvalue weighted by Gasteiger charge is 2.53. The summed E-state index contributed by atoms with van der Waals surface area (Å²) in [5.74, 6) is 0. The Bertz CT molecular complexity index is 403. The summed E-state index contributed by atoms with van der Waals surface area (Å²) in [6, 6.07) is 0. The van der Waals surface area contributed by atoms with Gasteiger partial charge in [0.15, 0.2) is 0 Å². The molecule has 0 radical (unpaired) electrons. The molecule has 0 bridgehead atoms. The number of nitrogens with zero attached hydrogens (tertiary/aromatic N) is 2. The second-order valence-electron chi connectivity index (χ2n) is 2.57. The molecule has 1 rings (SSSR count). The Morgan fingerprint density at radius 2 is 1.94 bits per heavy atom. The number of imidazole rings is 1. The number of hydrogen-bond acceptors (Lipinski definition) is 3. The third-order valence-electron chi connectivity index (χ3n) is 1.23. The largest absolute Gasteiger partial charge is 0.428 e. The molecule has 16 heavy (non-hydrogen) atoms. The van der Waals surface area contributed by atoms with Crippen molar-refractivity contribution >= 4 is 10.1 Å². The quantitative estimate of drug-likeness (QED) is 0.642. The number of alkyl halides is 4. The number of rotatable bonds is 2. The fourth-order valence-corrected chi connectivity index (χ4v) is 0.664. The Morgan fingerprint density at radius 3 is 2.00 bits per heavy atom. The first-order chi connectivity index (χ1) is 7.09. The third kappa shape index (κ3) is 4.14. The SMILES string of the molecule is Cn1ccnc1.O=S(=O)(O)C(F)(F)C(F)F. The van der Waals surface area contributed by atoms with Crippen molar-refractivity contribution in [3.8, 4) is 0 Å². The highest BCUT2D eigenvalue weighted by Crippen LogP contribution is 2.27. The summed E-state index contributed by atoms with van der Waals surface area (Å²) in [6.07, 6.45) is 0.975. The van der Waals surface area contributed by atoms with Crippen molar-refractivity contribution in [2.45, 2.75) is 11.7 Å². The fourth-order valence-electron chi connectivity index (χ4n) is 0.438. The topological polar surface area (TPSA) is 72.2 Å². The average Bonchev–Trinajstić information content (AvgIpc) is 2.54. The molecular formula is C6H8F4N2O3S. The maximum Gasteiger partial charge on any atom is 0.428 e. The van der Waals surface area contributed by atoms with Crippen LogP contribution in [-0.4, -0.2) is 34.2 Å². The van der Waals surface area contributed by atoms with E-state index in [4.69, 9.17) is 4.55 Å². The molecule has 0 fully saturated rings. The van der Waals surface area contributed by atoms with Crippen LogP contribution in [0, 0.1) is 0 Å². The lowest BCUT2D eigenvalue weighted by Gasteiger charge is -2.09. The minimum Gasteiger partial charge on any atom is -0.341 e. The Hall–Kier alpha value is -1.16. The van der Waals surface area contributed by atoms with E-state index in [0.717, 1.165) is 0 Å². The van der Waals surface area contributed by atoms with Gasteiger partial charge >= 0.3 is 21.8 Å². The van der Waals surface area contributed by atoms with E-state index in [1.54, 1.807) is 12.5 Å². The molecule has 10 heteroatoms. The van der Waals surface area contributed by atoms with Crippen molar-refractivity contribution in [1.82, 2.24) is 9.55 Å². The second kappa shape index (κ2) is 5.25. The van der Waals surface area contributed by atoms with Gasteiger partial charge in [-0.1, -0.05) is 0 Å². The van der Waals surface area contributed by atoms with Crippen LogP contribution in [0.15, 0.2) is 18.7 Å². The maximum absolute atomic E-state index is 11.5. The van der Waals surface area contributed by atoms with Gasteiger partial charge in [-0.15, -0.1) is 0 Å². The van der Waals surface area contributed by atoms with E-state index < -0.39 is 21.8 Å². The van der Waals surface area contributed by atoms with Crippen LogP contribution in [0.5, 0.6) is 0 Å². The summed E-state index contributed by atoms with van der Waals surface area (Å²) in [4.78, 5) is 3.78. The van der Waals surface area contributed by atoms with Crippen LogP contribution in [0.3, 0.4) is 0 Å². The van der Waals surface area contributed by atoms with Crippen molar-refractivity contribution in [2.24, 2.45) is 7.05 Å². The molecule has 0 aromatic carbocycles. The average molecular weight is 264 g/mol. The molecule has 1 N–H and O–H groups in total. The van der Waals surface area contributed by atoms with E-state index in [2.05, 4.69) is 4.98 Å². The van der Waals surface area contributed by atoms with E-state index in [9.17, 15) is 26.0 Å². The van der Waals surface area contributed by atoms with E-state index in [1.807, 2.05) is 17.8 Å². The molecule has 1 aromatic heterocycles. The van der Waals surface area contributed by atoms with Crippen molar-refractivity contribution in [1.29, 1.82) is 0 Å². The Morgan fingerprint density at radius 1 is 1.44 bits per heavy atom. The zero-order valence-corrected chi connectivity index (χ0v) is 8.70. The van der Waals surface area contributed by atoms with Crippen LogP contribution >= 0.6 is 0 Å². The first-order valence-electron chi connectivity index (χ1n) is 3.64. The molecule has 0 atom stereocenters. The lowest BCUT2D eigenvalue weighted by molar-refractivity contribution is -0.0687. The number of aromatic nitrogens is 2. The molecular weight excluding hydrogens is 256 g/mol. The monoisotopic (exact) mass is 264 g/mol. The van der Waals surface area contributed by atoms with Gasteiger partial charge in [0.2, 0.25) is 0 Å². The number of halogens is 4. The van der Waals surface area contributed by atoms with Gasteiger partial charge < -0.3 is 4.57 Å². The van der Waals surface area contributed by atoms with Crippen LogP contribution < -0.4 is 0 Å². The minimum absolute atomic E-state index is 1.75. The highest BCUT2D eigenvalue weighted by molar-refractivity contribution is 7.86. The van der Waals surface area contributed by atoms with Crippen LogP contribution in [0.2, 0.25) is 0 Å². The first kappa shape index (κ1) is 14.8. The van der Waals surface area contributed by atoms with Gasteiger partial charge in [0.25, 0.3) is 0 Å². The Labute approximate surface area is 88.5 Å². The molecule has 0 saturated heterocycles. The van der Waals surface area contributed by atoms with Gasteiger partial charge in [0, 0.05) is 19.4 Å². The zero-order valence-electron chi connectivity index (χ0n) is 7.89. The van der Waals surface area contributed by atoms with E-state index in [1.165, 1.54) is 0 Å². The lowest BCUT2D eigenvalue weighted by atomic mass is 10.7. The molecule has 5 nitrogen and oxygen atoms in total. The third-order valence-corrected chi connectivity index (χ3v) is 2.10. The van der Waals surface area contributed by atoms with Gasteiger partial charge in [-0.3, -0.25) is 4.55 Å². The van der Waals surface area contributed by atoms with Crippen molar-refractivity contribution in [2.75, 3.05) is 0 Å². The maximum atomic E-state index is 11.5. The molecule has 0 saturated carbocycles. The second-order valence-corrected chi connectivity index (χ2v) is 4.06. The zero-order chi connectivity index (χ0) is 13.0. The van der Waals surface area contributed by atoms with E-state index in [-0.39, 0.29) is 0 Å². The molecule has 0 aliphatic carbocycles. The van der Waals surface area contributed by atoms with Crippen LogP contribution in [-0.2, 0) is 17.2 Å². The van der Waals surface area contributed by atoms with Gasteiger partial charge in [-0.2, -0.15) is 17.2 Å². The molecule has 0 aliphatic rings. The smallest absolute Gasteiger partial charge is 0.341 e. The van der Waals surface area contributed by atoms with Crippen LogP contribution in [0.4, 0.5) is 17.6 Å². The van der Waals surface area contributed by atoms with Gasteiger partial charge in [0.1, 0.15) is 0 Å². The Kier molecular flexibility index (Phi) is 4.87. The molecule has 0 spiro atoms.